The summed E-state index contributed by atoms with van der Waals surface area (Å²) in [6, 6.07) is 15.5. The molecule has 0 aliphatic heterocycles. The molecule has 0 atom stereocenters. The third-order valence-corrected chi connectivity index (χ3v) is 3.41. The zero-order valence-electron chi connectivity index (χ0n) is 14.2. The van der Waals surface area contributed by atoms with E-state index in [-0.39, 0.29) is 5.97 Å². The minimum Gasteiger partial charge on any atom is -0.493 e. The lowest BCUT2D eigenvalue weighted by Crippen LogP contribution is -2.04. The number of hydrogen-bond donors (Lipinski definition) is 0. The van der Waals surface area contributed by atoms with Crippen LogP contribution in [0, 0.1) is 0 Å². The van der Waals surface area contributed by atoms with Crippen LogP contribution in [-0.2, 0) is 16.1 Å². The molecule has 0 amide bonds. The number of methoxy groups -OCH3 is 1. The summed E-state index contributed by atoms with van der Waals surface area (Å²) in [6.45, 7) is 4.32. The molecule has 2 aromatic rings. The number of carbonyl (C=O) groups excluding carboxylic acids is 1. The van der Waals surface area contributed by atoms with Gasteiger partial charge in [-0.25, -0.2) is 4.79 Å². The molecular formula is C20H22O4. The number of hydrogen-bond acceptors (Lipinski definition) is 4. The molecule has 0 saturated heterocycles. The molecule has 24 heavy (non-hydrogen) atoms. The Kier molecular flexibility index (Phi) is 6.43. The number of rotatable bonds is 7. The Labute approximate surface area is 142 Å². The highest BCUT2D eigenvalue weighted by atomic mass is 16.5. The monoisotopic (exact) mass is 326 g/mol. The Morgan fingerprint density at radius 1 is 1.08 bits per heavy atom. The smallest absolute Gasteiger partial charge is 0.333 e. The molecular weight excluding hydrogens is 304 g/mol. The van der Waals surface area contributed by atoms with Crippen molar-refractivity contribution in [2.24, 2.45) is 0 Å². The van der Waals surface area contributed by atoms with Crippen molar-refractivity contribution in [3.8, 4) is 11.5 Å². The summed E-state index contributed by atoms with van der Waals surface area (Å²) in [7, 11) is 1.60. The molecule has 126 valence electrons. The quantitative estimate of drug-likeness (QED) is 0.564. The minimum absolute atomic E-state index is 0.319. The SMILES string of the molecule is CCOC(=O)/C(C)=C/c1ccc(OC)c(OCc2ccccc2)c1. The van der Waals surface area contributed by atoms with Crippen LogP contribution in [0.1, 0.15) is 25.0 Å². The van der Waals surface area contributed by atoms with E-state index >= 15 is 0 Å². The van der Waals surface area contributed by atoms with Gasteiger partial charge in [-0.05, 0) is 43.2 Å². The van der Waals surface area contributed by atoms with Crippen molar-refractivity contribution < 1.29 is 19.0 Å². The topological polar surface area (TPSA) is 44.8 Å². The Morgan fingerprint density at radius 2 is 1.83 bits per heavy atom. The molecule has 0 aromatic heterocycles. The Morgan fingerprint density at radius 3 is 2.50 bits per heavy atom. The zero-order chi connectivity index (χ0) is 17.4. The summed E-state index contributed by atoms with van der Waals surface area (Å²) in [6.07, 6.45) is 1.77. The van der Waals surface area contributed by atoms with Gasteiger partial charge in [0, 0.05) is 5.57 Å². The molecule has 0 unspecified atom stereocenters. The summed E-state index contributed by atoms with van der Waals surface area (Å²) in [5.41, 5.74) is 2.46. The van der Waals surface area contributed by atoms with E-state index in [4.69, 9.17) is 14.2 Å². The van der Waals surface area contributed by atoms with Crippen LogP contribution in [0.25, 0.3) is 6.08 Å². The first kappa shape index (κ1) is 17.6. The maximum absolute atomic E-state index is 11.7. The molecule has 0 N–H and O–H groups in total. The molecule has 0 aliphatic carbocycles. The fourth-order valence-corrected chi connectivity index (χ4v) is 2.19. The van der Waals surface area contributed by atoms with Crippen molar-refractivity contribution in [2.45, 2.75) is 20.5 Å². The lowest BCUT2D eigenvalue weighted by molar-refractivity contribution is -0.138. The van der Waals surface area contributed by atoms with Gasteiger partial charge in [0.1, 0.15) is 6.61 Å². The van der Waals surface area contributed by atoms with Gasteiger partial charge >= 0.3 is 5.97 Å². The van der Waals surface area contributed by atoms with Crippen molar-refractivity contribution in [1.82, 2.24) is 0 Å². The molecule has 4 nitrogen and oxygen atoms in total. The van der Waals surface area contributed by atoms with Crippen LogP contribution < -0.4 is 9.47 Å². The van der Waals surface area contributed by atoms with E-state index in [0.29, 0.717) is 30.3 Å². The molecule has 4 heteroatoms. The molecule has 2 aromatic carbocycles. The summed E-state index contributed by atoms with van der Waals surface area (Å²) in [5.74, 6) is 0.962. The molecule has 0 fully saturated rings. The largest absolute Gasteiger partial charge is 0.493 e. The Bertz CT molecular complexity index is 705. The molecule has 0 radical (unpaired) electrons. The van der Waals surface area contributed by atoms with Crippen molar-refractivity contribution >= 4 is 12.0 Å². The van der Waals surface area contributed by atoms with Crippen LogP contribution >= 0.6 is 0 Å². The molecule has 2 rings (SSSR count). The van der Waals surface area contributed by atoms with E-state index in [1.807, 2.05) is 48.5 Å². The van der Waals surface area contributed by atoms with Gasteiger partial charge in [0.2, 0.25) is 0 Å². The highest BCUT2D eigenvalue weighted by Gasteiger charge is 2.08. The van der Waals surface area contributed by atoms with Crippen LogP contribution in [0.15, 0.2) is 54.1 Å². The molecule has 0 spiro atoms. The lowest BCUT2D eigenvalue weighted by Gasteiger charge is -2.12. The van der Waals surface area contributed by atoms with Crippen LogP contribution in [0.5, 0.6) is 11.5 Å². The fraction of sp³-hybridized carbons (Fsp3) is 0.250. The van der Waals surface area contributed by atoms with Gasteiger partial charge in [-0.1, -0.05) is 36.4 Å². The van der Waals surface area contributed by atoms with Gasteiger partial charge in [-0.15, -0.1) is 0 Å². The maximum Gasteiger partial charge on any atom is 0.333 e. The Balaban J connectivity index is 2.17. The number of esters is 1. The maximum atomic E-state index is 11.7. The predicted molar refractivity (Wildman–Crippen MR) is 94.1 cm³/mol. The second-order valence-corrected chi connectivity index (χ2v) is 5.23. The average molecular weight is 326 g/mol. The van der Waals surface area contributed by atoms with Crippen molar-refractivity contribution in [2.75, 3.05) is 13.7 Å². The van der Waals surface area contributed by atoms with Gasteiger partial charge < -0.3 is 14.2 Å². The summed E-state index contributed by atoms with van der Waals surface area (Å²) in [5, 5.41) is 0. The average Bonchev–Trinajstić information content (AvgIpc) is 2.61. The van der Waals surface area contributed by atoms with Crippen molar-refractivity contribution in [3.05, 3.63) is 65.2 Å². The van der Waals surface area contributed by atoms with E-state index in [1.54, 1.807) is 27.0 Å². The molecule has 0 bridgehead atoms. The van der Waals surface area contributed by atoms with Crippen molar-refractivity contribution in [1.29, 1.82) is 0 Å². The normalized spacial score (nSPS) is 11.0. The minimum atomic E-state index is -0.319. The van der Waals surface area contributed by atoms with Crippen molar-refractivity contribution in [3.63, 3.8) is 0 Å². The van der Waals surface area contributed by atoms with Gasteiger partial charge in [0.05, 0.1) is 13.7 Å². The molecule has 0 saturated carbocycles. The van der Waals surface area contributed by atoms with Crippen LogP contribution in [-0.4, -0.2) is 19.7 Å². The van der Waals surface area contributed by atoms with Crippen LogP contribution in [0.4, 0.5) is 0 Å². The van der Waals surface area contributed by atoms with Gasteiger partial charge in [0.25, 0.3) is 0 Å². The number of ether oxygens (including phenoxy) is 3. The predicted octanol–water partition coefficient (Wildman–Crippen LogP) is 4.24. The van der Waals surface area contributed by atoms with E-state index in [2.05, 4.69) is 0 Å². The second kappa shape index (κ2) is 8.77. The third kappa shape index (κ3) is 4.88. The third-order valence-electron chi connectivity index (χ3n) is 3.41. The first-order valence-electron chi connectivity index (χ1n) is 7.84. The van der Waals surface area contributed by atoms with E-state index in [9.17, 15) is 4.79 Å². The lowest BCUT2D eigenvalue weighted by atomic mass is 10.1. The summed E-state index contributed by atoms with van der Waals surface area (Å²) >= 11 is 0. The summed E-state index contributed by atoms with van der Waals surface area (Å²) in [4.78, 5) is 11.7. The highest BCUT2D eigenvalue weighted by molar-refractivity contribution is 5.93. The molecule has 0 aliphatic rings. The van der Waals surface area contributed by atoms with E-state index in [1.165, 1.54) is 0 Å². The number of carbonyl (C=O) groups is 1. The first-order valence-corrected chi connectivity index (χ1v) is 7.84. The fourth-order valence-electron chi connectivity index (χ4n) is 2.19. The van der Waals surface area contributed by atoms with Gasteiger partial charge in [-0.2, -0.15) is 0 Å². The Hall–Kier alpha value is -2.75. The summed E-state index contributed by atoms with van der Waals surface area (Å²) < 4.78 is 16.2. The van der Waals surface area contributed by atoms with Gasteiger partial charge in [0.15, 0.2) is 11.5 Å². The van der Waals surface area contributed by atoms with Crippen LogP contribution in [0.3, 0.4) is 0 Å². The second-order valence-electron chi connectivity index (χ2n) is 5.23. The number of benzene rings is 2. The van der Waals surface area contributed by atoms with E-state index < -0.39 is 0 Å². The van der Waals surface area contributed by atoms with Crippen LogP contribution in [0.2, 0.25) is 0 Å². The molecule has 0 heterocycles. The standard InChI is InChI=1S/C20H22O4/c1-4-23-20(21)15(2)12-17-10-11-18(22-3)19(13-17)24-14-16-8-6-5-7-9-16/h5-13H,4,14H2,1-3H3/b15-12+. The van der Waals surface area contributed by atoms with E-state index in [0.717, 1.165) is 11.1 Å². The highest BCUT2D eigenvalue weighted by Crippen LogP contribution is 2.29. The first-order chi connectivity index (χ1) is 11.6. The van der Waals surface area contributed by atoms with Gasteiger partial charge in [-0.3, -0.25) is 0 Å². The zero-order valence-corrected chi connectivity index (χ0v) is 14.2.